The molecule has 0 spiro atoms. The Hall–Kier alpha value is -3.48. The van der Waals surface area contributed by atoms with Crippen molar-refractivity contribution < 1.29 is 23.9 Å². The van der Waals surface area contributed by atoms with Crippen molar-refractivity contribution in [3.63, 3.8) is 0 Å². The summed E-state index contributed by atoms with van der Waals surface area (Å²) >= 11 is 0. The molecule has 7 heteroatoms. The fourth-order valence-electron chi connectivity index (χ4n) is 4.19. The Kier molecular flexibility index (Phi) is 5.35. The monoisotopic (exact) mass is 420 g/mol. The van der Waals surface area contributed by atoms with Crippen molar-refractivity contribution in [2.45, 2.75) is 40.0 Å². The van der Waals surface area contributed by atoms with E-state index in [1.165, 1.54) is 4.90 Å². The van der Waals surface area contributed by atoms with Gasteiger partial charge in [0.15, 0.2) is 0 Å². The minimum absolute atomic E-state index is 0.0972. The summed E-state index contributed by atoms with van der Waals surface area (Å²) in [7, 11) is 0. The highest BCUT2D eigenvalue weighted by Crippen LogP contribution is 2.31. The van der Waals surface area contributed by atoms with E-state index in [-0.39, 0.29) is 43.5 Å². The van der Waals surface area contributed by atoms with Gasteiger partial charge in [-0.3, -0.25) is 24.1 Å². The fraction of sp³-hybridized carbons (Fsp3) is 0.333. The Morgan fingerprint density at radius 2 is 1.52 bits per heavy atom. The second kappa shape index (κ2) is 7.98. The van der Waals surface area contributed by atoms with Crippen LogP contribution in [0.1, 0.15) is 36.0 Å². The first kappa shape index (κ1) is 20.8. The number of imide groups is 1. The SMILES string of the molecule is Cc1ccc(N2C[C@@H](C(=O)Oc3ccc(N4C(=O)CCC4=O)c(C)c3)CC2=O)c(C)c1. The maximum absolute atomic E-state index is 12.7. The molecule has 0 bridgehead atoms. The molecule has 0 unspecified atom stereocenters. The van der Waals surface area contributed by atoms with Crippen molar-refractivity contribution in [2.24, 2.45) is 5.92 Å². The lowest BCUT2D eigenvalue weighted by Gasteiger charge is -2.19. The first-order valence-electron chi connectivity index (χ1n) is 10.3. The molecule has 3 amide bonds. The van der Waals surface area contributed by atoms with Crippen LogP contribution in [-0.2, 0) is 19.2 Å². The standard InChI is InChI=1S/C24H24N2O5/c1-14-4-6-19(15(2)10-14)25-13-17(12-23(25)29)24(30)31-18-5-7-20(16(3)11-18)26-21(27)8-9-22(26)28/h4-7,10-11,17H,8-9,12-13H2,1-3H3/t17-/m0/s1. The number of anilines is 2. The molecular weight excluding hydrogens is 396 g/mol. The summed E-state index contributed by atoms with van der Waals surface area (Å²) in [6.07, 6.45) is 0.517. The number of nitrogens with zero attached hydrogens (tertiary/aromatic N) is 2. The molecule has 2 fully saturated rings. The van der Waals surface area contributed by atoms with Gasteiger partial charge in [0.1, 0.15) is 5.75 Å². The van der Waals surface area contributed by atoms with E-state index in [2.05, 4.69) is 0 Å². The average molecular weight is 420 g/mol. The van der Waals surface area contributed by atoms with Crippen LogP contribution in [0.3, 0.4) is 0 Å². The first-order valence-corrected chi connectivity index (χ1v) is 10.3. The largest absolute Gasteiger partial charge is 0.426 e. The smallest absolute Gasteiger partial charge is 0.316 e. The minimum atomic E-state index is -0.560. The van der Waals surface area contributed by atoms with Crippen molar-refractivity contribution in [1.29, 1.82) is 0 Å². The molecule has 31 heavy (non-hydrogen) atoms. The molecule has 2 saturated heterocycles. The molecule has 160 valence electrons. The van der Waals surface area contributed by atoms with Crippen LogP contribution in [0.5, 0.6) is 5.75 Å². The Morgan fingerprint density at radius 1 is 0.871 bits per heavy atom. The number of amides is 3. The zero-order chi connectivity index (χ0) is 22.3. The third-order valence-electron chi connectivity index (χ3n) is 5.78. The van der Waals surface area contributed by atoms with Gasteiger partial charge in [0.2, 0.25) is 17.7 Å². The van der Waals surface area contributed by atoms with Crippen molar-refractivity contribution in [1.82, 2.24) is 0 Å². The minimum Gasteiger partial charge on any atom is -0.426 e. The van der Waals surface area contributed by atoms with Crippen molar-refractivity contribution in [3.05, 3.63) is 53.1 Å². The number of carbonyl (C=O) groups excluding carboxylic acids is 4. The number of benzene rings is 2. The molecule has 0 radical (unpaired) electrons. The summed E-state index contributed by atoms with van der Waals surface area (Å²) in [6, 6.07) is 10.7. The Labute approximate surface area is 180 Å². The molecule has 7 nitrogen and oxygen atoms in total. The molecule has 0 aromatic heterocycles. The Balaban J connectivity index is 1.46. The van der Waals surface area contributed by atoms with Gasteiger partial charge in [0, 0.05) is 31.5 Å². The van der Waals surface area contributed by atoms with E-state index in [0.717, 1.165) is 16.8 Å². The zero-order valence-corrected chi connectivity index (χ0v) is 17.8. The van der Waals surface area contributed by atoms with E-state index < -0.39 is 11.9 Å². The van der Waals surface area contributed by atoms with Gasteiger partial charge in [0.05, 0.1) is 11.6 Å². The predicted octanol–water partition coefficient (Wildman–Crippen LogP) is 3.22. The van der Waals surface area contributed by atoms with E-state index in [9.17, 15) is 19.2 Å². The third-order valence-corrected chi connectivity index (χ3v) is 5.78. The molecule has 2 aliphatic heterocycles. The van der Waals surface area contributed by atoms with E-state index in [0.29, 0.717) is 17.0 Å². The van der Waals surface area contributed by atoms with Crippen LogP contribution in [0, 0.1) is 26.7 Å². The molecule has 2 aliphatic rings. The van der Waals surface area contributed by atoms with Crippen molar-refractivity contribution in [2.75, 3.05) is 16.3 Å². The van der Waals surface area contributed by atoms with Gasteiger partial charge in [-0.2, -0.15) is 0 Å². The highest BCUT2D eigenvalue weighted by molar-refractivity contribution is 6.20. The Bertz CT molecular complexity index is 1090. The number of hydrogen-bond acceptors (Lipinski definition) is 5. The quantitative estimate of drug-likeness (QED) is 0.431. The van der Waals surface area contributed by atoms with Crippen LogP contribution in [0.25, 0.3) is 0 Å². The van der Waals surface area contributed by atoms with Crippen molar-refractivity contribution in [3.8, 4) is 5.75 Å². The van der Waals surface area contributed by atoms with Crippen LogP contribution < -0.4 is 14.5 Å². The summed E-state index contributed by atoms with van der Waals surface area (Å²) in [5.41, 5.74) is 4.07. The molecule has 2 heterocycles. The van der Waals surface area contributed by atoms with E-state index in [4.69, 9.17) is 4.74 Å². The number of hydrogen-bond donors (Lipinski definition) is 0. The molecule has 2 aromatic carbocycles. The lowest BCUT2D eigenvalue weighted by Crippen LogP contribution is -2.29. The lowest BCUT2D eigenvalue weighted by molar-refractivity contribution is -0.139. The van der Waals surface area contributed by atoms with Gasteiger partial charge < -0.3 is 9.64 Å². The number of aryl methyl sites for hydroxylation is 3. The normalized spacial score (nSPS) is 18.8. The second-order valence-corrected chi connectivity index (χ2v) is 8.19. The predicted molar refractivity (Wildman–Crippen MR) is 115 cm³/mol. The maximum Gasteiger partial charge on any atom is 0.316 e. The van der Waals surface area contributed by atoms with Gasteiger partial charge in [0.25, 0.3) is 0 Å². The van der Waals surface area contributed by atoms with Crippen LogP contribution in [-0.4, -0.2) is 30.2 Å². The summed E-state index contributed by atoms with van der Waals surface area (Å²) in [5.74, 6) is -1.27. The molecule has 1 atom stereocenters. The second-order valence-electron chi connectivity index (χ2n) is 8.19. The van der Waals surface area contributed by atoms with E-state index in [1.54, 1.807) is 30.0 Å². The van der Waals surface area contributed by atoms with Gasteiger partial charge in [-0.05, 0) is 56.2 Å². The molecule has 2 aromatic rings. The summed E-state index contributed by atoms with van der Waals surface area (Å²) in [6.45, 7) is 5.97. The molecular formula is C24H24N2O5. The average Bonchev–Trinajstić information content (AvgIpc) is 3.25. The highest BCUT2D eigenvalue weighted by Gasteiger charge is 2.37. The van der Waals surface area contributed by atoms with E-state index >= 15 is 0 Å². The van der Waals surface area contributed by atoms with Gasteiger partial charge in [-0.25, -0.2) is 0 Å². The van der Waals surface area contributed by atoms with Crippen LogP contribution in [0.2, 0.25) is 0 Å². The lowest BCUT2D eigenvalue weighted by atomic mass is 10.1. The summed E-state index contributed by atoms with van der Waals surface area (Å²) < 4.78 is 5.53. The summed E-state index contributed by atoms with van der Waals surface area (Å²) in [5, 5.41) is 0. The number of esters is 1. The number of carbonyl (C=O) groups is 4. The molecule has 0 saturated carbocycles. The van der Waals surface area contributed by atoms with Gasteiger partial charge in [-0.1, -0.05) is 17.7 Å². The van der Waals surface area contributed by atoms with Crippen molar-refractivity contribution >= 4 is 35.1 Å². The van der Waals surface area contributed by atoms with Crippen LogP contribution in [0.15, 0.2) is 36.4 Å². The number of ether oxygens (including phenoxy) is 1. The fourth-order valence-corrected chi connectivity index (χ4v) is 4.19. The van der Waals surface area contributed by atoms with Gasteiger partial charge >= 0.3 is 5.97 Å². The van der Waals surface area contributed by atoms with E-state index in [1.807, 2.05) is 32.0 Å². The zero-order valence-electron chi connectivity index (χ0n) is 17.8. The highest BCUT2D eigenvalue weighted by atomic mass is 16.5. The molecule has 4 rings (SSSR count). The van der Waals surface area contributed by atoms with Gasteiger partial charge in [-0.15, -0.1) is 0 Å². The maximum atomic E-state index is 12.7. The number of rotatable bonds is 4. The van der Waals surface area contributed by atoms with Crippen LogP contribution >= 0.6 is 0 Å². The first-order chi connectivity index (χ1) is 14.7. The topological polar surface area (TPSA) is 84.0 Å². The molecule has 0 N–H and O–H groups in total. The summed E-state index contributed by atoms with van der Waals surface area (Å²) in [4.78, 5) is 52.0. The molecule has 0 aliphatic carbocycles. The Morgan fingerprint density at radius 3 is 2.16 bits per heavy atom. The third kappa shape index (κ3) is 3.95. The van der Waals surface area contributed by atoms with Crippen LogP contribution in [0.4, 0.5) is 11.4 Å².